The van der Waals surface area contributed by atoms with Gasteiger partial charge in [0.2, 0.25) is 0 Å². The van der Waals surface area contributed by atoms with Crippen molar-refractivity contribution in [2.24, 2.45) is 0 Å². The maximum atomic E-state index is 12.6. The fraction of sp³-hybridized carbons (Fsp3) is 0.100. The number of carboxylic acids is 1. The maximum Gasteiger partial charge on any atom is 0.305 e. The highest BCUT2D eigenvalue weighted by molar-refractivity contribution is 8.26. The van der Waals surface area contributed by atoms with Crippen molar-refractivity contribution in [2.75, 3.05) is 6.54 Å². The third-order valence-corrected chi connectivity index (χ3v) is 5.96. The Bertz CT molecular complexity index is 1170. The first-order valence-corrected chi connectivity index (χ1v) is 10.1. The molecule has 146 valence electrons. The molecule has 6 nitrogen and oxygen atoms in total. The number of carbonyl (C=O) groups excluding carboxylic acids is 1. The number of thioether (sulfide) groups is 1. The van der Waals surface area contributed by atoms with E-state index < -0.39 is 5.97 Å². The molecule has 3 aromatic rings. The number of hydrogen-bond acceptors (Lipinski definition) is 6. The van der Waals surface area contributed by atoms with Gasteiger partial charge in [-0.1, -0.05) is 46.8 Å². The van der Waals surface area contributed by atoms with Crippen LogP contribution in [-0.4, -0.2) is 37.9 Å². The van der Waals surface area contributed by atoms with Crippen LogP contribution >= 0.6 is 35.6 Å². The number of carboxylic acid groups (broad SMARTS) is 1. The third-order valence-electron chi connectivity index (χ3n) is 4.33. The first-order valence-electron chi connectivity index (χ1n) is 8.55. The van der Waals surface area contributed by atoms with E-state index in [4.69, 9.17) is 33.4 Å². The monoisotopic (exact) mass is 444 g/mol. The average Bonchev–Trinajstić information content (AvgIpc) is 3.22. The summed E-state index contributed by atoms with van der Waals surface area (Å²) in [5, 5.41) is 14.4. The summed E-state index contributed by atoms with van der Waals surface area (Å²) in [6.07, 6.45) is 1.58. The Hall–Kier alpha value is -2.68. The lowest BCUT2D eigenvalue weighted by atomic mass is 10.1. The number of hydrogen-bond donors (Lipinski definition) is 1. The van der Waals surface area contributed by atoms with Crippen LogP contribution in [0.25, 0.3) is 28.3 Å². The molecule has 0 unspecified atom stereocenters. The molecule has 0 radical (unpaired) electrons. The molecule has 1 N–H and O–H groups in total. The van der Waals surface area contributed by atoms with E-state index in [2.05, 4.69) is 5.16 Å². The lowest BCUT2D eigenvalue weighted by molar-refractivity contribution is -0.137. The quantitative estimate of drug-likeness (QED) is 0.446. The number of aliphatic carboxylic acids is 1. The Balaban J connectivity index is 1.65. The van der Waals surface area contributed by atoms with E-state index in [0.29, 0.717) is 25.5 Å². The zero-order chi connectivity index (χ0) is 20.5. The second-order valence-corrected chi connectivity index (χ2v) is 8.38. The summed E-state index contributed by atoms with van der Waals surface area (Å²) in [6.45, 7) is 0.0583. The van der Waals surface area contributed by atoms with Crippen LogP contribution in [0.4, 0.5) is 0 Å². The van der Waals surface area contributed by atoms with Gasteiger partial charge in [-0.3, -0.25) is 14.5 Å². The van der Waals surface area contributed by atoms with Gasteiger partial charge in [0.15, 0.2) is 5.76 Å². The van der Waals surface area contributed by atoms with Crippen LogP contribution in [0.2, 0.25) is 5.02 Å². The van der Waals surface area contributed by atoms with E-state index >= 15 is 0 Å². The van der Waals surface area contributed by atoms with Gasteiger partial charge >= 0.3 is 5.97 Å². The summed E-state index contributed by atoms with van der Waals surface area (Å²) >= 11 is 12.3. The molecule has 1 saturated heterocycles. The molecule has 1 fully saturated rings. The molecule has 1 aliphatic heterocycles. The number of rotatable bonds is 5. The van der Waals surface area contributed by atoms with Gasteiger partial charge in [0, 0.05) is 17.1 Å². The number of amides is 1. The Morgan fingerprint density at radius 1 is 1.28 bits per heavy atom. The van der Waals surface area contributed by atoms with Gasteiger partial charge in [-0.15, -0.1) is 0 Å². The van der Waals surface area contributed by atoms with Crippen molar-refractivity contribution in [1.29, 1.82) is 0 Å². The predicted molar refractivity (Wildman–Crippen MR) is 117 cm³/mol. The van der Waals surface area contributed by atoms with Crippen molar-refractivity contribution in [3.05, 3.63) is 58.0 Å². The Kier molecular flexibility index (Phi) is 5.40. The van der Waals surface area contributed by atoms with Crippen LogP contribution < -0.4 is 0 Å². The fourth-order valence-electron chi connectivity index (χ4n) is 2.91. The molecule has 9 heteroatoms. The zero-order valence-electron chi connectivity index (χ0n) is 14.8. The second-order valence-electron chi connectivity index (χ2n) is 6.27. The van der Waals surface area contributed by atoms with Crippen LogP contribution in [0.15, 0.2) is 51.9 Å². The number of nitrogens with zero attached hydrogens (tertiary/aromatic N) is 2. The van der Waals surface area contributed by atoms with E-state index in [1.165, 1.54) is 4.90 Å². The first-order chi connectivity index (χ1) is 13.9. The Labute approximate surface area is 180 Å². The minimum absolute atomic E-state index is 0.0583. The number of fused-ring (bicyclic) bond motifs is 1. The minimum Gasteiger partial charge on any atom is -0.481 e. The van der Waals surface area contributed by atoms with E-state index in [0.717, 1.165) is 28.3 Å². The molecule has 4 rings (SSSR count). The normalized spacial score (nSPS) is 15.6. The van der Waals surface area contributed by atoms with Crippen LogP contribution in [0.5, 0.6) is 0 Å². The molecule has 0 spiro atoms. The van der Waals surface area contributed by atoms with Gasteiger partial charge in [0.25, 0.3) is 5.91 Å². The molecule has 0 atom stereocenters. The topological polar surface area (TPSA) is 83.6 Å². The molecule has 1 aliphatic rings. The van der Waals surface area contributed by atoms with Gasteiger partial charge in [0.1, 0.15) is 9.84 Å². The molecule has 2 heterocycles. The van der Waals surface area contributed by atoms with Gasteiger partial charge in [-0.05, 0) is 48.0 Å². The van der Waals surface area contributed by atoms with Crippen LogP contribution in [0.3, 0.4) is 0 Å². The van der Waals surface area contributed by atoms with E-state index in [1.807, 2.05) is 30.3 Å². The van der Waals surface area contributed by atoms with Crippen molar-refractivity contribution in [1.82, 2.24) is 10.1 Å². The summed E-state index contributed by atoms with van der Waals surface area (Å²) in [6, 6.07) is 12.8. The summed E-state index contributed by atoms with van der Waals surface area (Å²) in [4.78, 5) is 25.1. The van der Waals surface area contributed by atoms with Crippen molar-refractivity contribution in [2.45, 2.75) is 6.42 Å². The summed E-state index contributed by atoms with van der Waals surface area (Å²) in [5.74, 6) is -0.652. The highest BCUT2D eigenvalue weighted by Crippen LogP contribution is 2.34. The smallest absolute Gasteiger partial charge is 0.305 e. The largest absolute Gasteiger partial charge is 0.481 e. The zero-order valence-corrected chi connectivity index (χ0v) is 17.2. The lowest BCUT2D eigenvalue weighted by Crippen LogP contribution is -2.30. The number of benzene rings is 2. The Morgan fingerprint density at radius 2 is 2.03 bits per heavy atom. The standard InChI is InChI=1S/C20H13ClN2O4S2/c21-13-4-2-12(3-5-13)18-14-9-11(1-6-15(14)22-27-18)10-16-19(26)23(20(28)29-16)8-7-17(24)25/h1-6,9-10H,7-8H2,(H,24,25)/b16-10+. The fourth-order valence-corrected chi connectivity index (χ4v) is 4.34. The first kappa shape index (κ1) is 19.6. The summed E-state index contributed by atoms with van der Waals surface area (Å²) in [7, 11) is 0. The molecular formula is C20H13ClN2O4S2. The van der Waals surface area contributed by atoms with E-state index in [-0.39, 0.29) is 18.9 Å². The molecule has 2 aromatic carbocycles. The van der Waals surface area contributed by atoms with Crippen LogP contribution in [0.1, 0.15) is 12.0 Å². The Morgan fingerprint density at radius 3 is 2.76 bits per heavy atom. The summed E-state index contributed by atoms with van der Waals surface area (Å²) in [5.41, 5.74) is 2.32. The number of carbonyl (C=O) groups is 2. The average molecular weight is 445 g/mol. The molecular weight excluding hydrogens is 432 g/mol. The van der Waals surface area contributed by atoms with Gasteiger partial charge in [-0.25, -0.2) is 0 Å². The van der Waals surface area contributed by atoms with Crippen molar-refractivity contribution in [3.63, 3.8) is 0 Å². The second kappa shape index (κ2) is 7.98. The minimum atomic E-state index is -0.976. The maximum absolute atomic E-state index is 12.6. The third kappa shape index (κ3) is 4.05. The summed E-state index contributed by atoms with van der Waals surface area (Å²) < 4.78 is 5.86. The highest BCUT2D eigenvalue weighted by Gasteiger charge is 2.32. The van der Waals surface area contributed by atoms with Gasteiger partial charge in [0.05, 0.1) is 16.7 Å². The predicted octanol–water partition coefficient (Wildman–Crippen LogP) is 4.82. The highest BCUT2D eigenvalue weighted by atomic mass is 35.5. The number of halogens is 1. The molecule has 0 aliphatic carbocycles. The molecule has 29 heavy (non-hydrogen) atoms. The van der Waals surface area contributed by atoms with E-state index in [9.17, 15) is 9.59 Å². The number of thiocarbonyl (C=S) groups is 1. The van der Waals surface area contributed by atoms with Crippen LogP contribution in [0, 0.1) is 0 Å². The molecule has 0 saturated carbocycles. The van der Waals surface area contributed by atoms with Gasteiger partial charge < -0.3 is 9.63 Å². The molecule has 1 aromatic heterocycles. The van der Waals surface area contributed by atoms with Crippen LogP contribution in [-0.2, 0) is 9.59 Å². The van der Waals surface area contributed by atoms with Crippen molar-refractivity contribution < 1.29 is 19.2 Å². The van der Waals surface area contributed by atoms with E-state index in [1.54, 1.807) is 18.2 Å². The van der Waals surface area contributed by atoms with Gasteiger partial charge in [-0.2, -0.15) is 0 Å². The molecule has 0 bridgehead atoms. The lowest BCUT2D eigenvalue weighted by Gasteiger charge is -2.12. The number of aromatic nitrogens is 1. The van der Waals surface area contributed by atoms with Crippen molar-refractivity contribution in [3.8, 4) is 11.3 Å². The molecule has 1 amide bonds. The SMILES string of the molecule is O=C(O)CCN1C(=O)/C(=C\c2ccc3noc(-c4ccc(Cl)cc4)c3c2)SC1=S. The van der Waals surface area contributed by atoms with Crippen molar-refractivity contribution >= 4 is 68.8 Å².